The van der Waals surface area contributed by atoms with E-state index in [4.69, 9.17) is 4.55 Å². The van der Waals surface area contributed by atoms with E-state index < -0.39 is 10.1 Å². The van der Waals surface area contributed by atoms with Crippen LogP contribution in [-0.2, 0) is 10.1 Å². The summed E-state index contributed by atoms with van der Waals surface area (Å²) in [5, 5.41) is 2.77. The first-order valence-corrected chi connectivity index (χ1v) is 4.33. The Balaban J connectivity index is 0. The molecule has 0 aromatic carbocycles. The summed E-state index contributed by atoms with van der Waals surface area (Å²) >= 11 is 0. The fourth-order valence-electron chi connectivity index (χ4n) is 0.378. The quantitative estimate of drug-likeness (QED) is 0.323. The Kier molecular flexibility index (Phi) is 8.85. The summed E-state index contributed by atoms with van der Waals surface area (Å²) in [6.07, 6.45) is 0. The van der Waals surface area contributed by atoms with Gasteiger partial charge in [-0.15, -0.1) is 0 Å². The van der Waals surface area contributed by atoms with Crippen LogP contribution in [0.5, 0.6) is 0 Å². The number of hydrogen-bond acceptors (Lipinski definition) is 3. The Morgan fingerprint density at radius 3 is 2.30 bits per heavy atom. The second-order valence-electron chi connectivity index (χ2n) is 1.64. The third kappa shape index (κ3) is 11.6. The van der Waals surface area contributed by atoms with Crippen LogP contribution in [0.1, 0.15) is 6.92 Å². The summed E-state index contributed by atoms with van der Waals surface area (Å²) < 4.78 is 28.2. The molecule has 0 spiro atoms. The molecule has 6 heteroatoms. The van der Waals surface area contributed by atoms with Crippen LogP contribution in [-0.4, -0.2) is 61.4 Å². The van der Waals surface area contributed by atoms with E-state index in [1.54, 1.807) is 0 Å². The summed E-state index contributed by atoms with van der Waals surface area (Å²) in [6.45, 7) is 2.90. The summed E-state index contributed by atoms with van der Waals surface area (Å²) in [7, 11) is -3.76. The van der Waals surface area contributed by atoms with Crippen molar-refractivity contribution in [2.24, 2.45) is 0 Å². The minimum atomic E-state index is -3.76. The molecule has 0 rings (SSSR count). The molecule has 0 radical (unpaired) electrons. The van der Waals surface area contributed by atoms with Crippen molar-refractivity contribution in [3.8, 4) is 0 Å². The van der Waals surface area contributed by atoms with E-state index in [0.717, 1.165) is 6.54 Å². The molecule has 10 heavy (non-hydrogen) atoms. The van der Waals surface area contributed by atoms with Gasteiger partial charge in [-0.25, -0.2) is 0 Å². The first kappa shape index (κ1) is 13.5. The average Bonchev–Trinajstić information content (AvgIpc) is 1.63. The molecule has 0 saturated carbocycles. The Labute approximate surface area is 83.4 Å². The van der Waals surface area contributed by atoms with Gasteiger partial charge < -0.3 is 5.32 Å². The van der Waals surface area contributed by atoms with Crippen LogP contribution in [0.15, 0.2) is 0 Å². The van der Waals surface area contributed by atoms with E-state index in [2.05, 4.69) is 5.32 Å². The molecule has 4 nitrogen and oxygen atoms in total. The van der Waals surface area contributed by atoms with Crippen molar-refractivity contribution in [1.29, 1.82) is 0 Å². The van der Waals surface area contributed by atoms with E-state index in [0.29, 0.717) is 6.54 Å². The van der Waals surface area contributed by atoms with Crippen molar-refractivity contribution >= 4 is 39.7 Å². The van der Waals surface area contributed by atoms with Crippen LogP contribution >= 0.6 is 0 Å². The van der Waals surface area contributed by atoms with Crippen LogP contribution in [0.4, 0.5) is 0 Å². The second-order valence-corrected chi connectivity index (χ2v) is 3.21. The summed E-state index contributed by atoms with van der Waals surface area (Å²) in [5.41, 5.74) is 0. The molecule has 0 atom stereocenters. The molecule has 0 heterocycles. The zero-order valence-corrected chi connectivity index (χ0v) is 6.11. The predicted molar refractivity (Wildman–Crippen MR) is 42.1 cm³/mol. The van der Waals surface area contributed by atoms with Crippen molar-refractivity contribution in [2.45, 2.75) is 6.92 Å². The molecule has 0 amide bonds. The van der Waals surface area contributed by atoms with E-state index in [1.165, 1.54) is 0 Å². The maximum absolute atomic E-state index is 10.0. The molecule has 0 aliphatic heterocycles. The topological polar surface area (TPSA) is 66.4 Å². The monoisotopic (exact) mass is 177 g/mol. The van der Waals surface area contributed by atoms with Crippen molar-refractivity contribution < 1.29 is 13.0 Å². The summed E-state index contributed by atoms with van der Waals surface area (Å²) in [5.74, 6) is -0.208. The van der Waals surface area contributed by atoms with Crippen LogP contribution in [0, 0.1) is 0 Å². The fraction of sp³-hybridized carbons (Fsp3) is 1.00. The third-order valence-electron chi connectivity index (χ3n) is 0.787. The minimum absolute atomic E-state index is 0. The fourth-order valence-corrected chi connectivity index (χ4v) is 0.780. The van der Waals surface area contributed by atoms with Crippen LogP contribution in [0.25, 0.3) is 0 Å². The Morgan fingerprint density at radius 2 is 2.00 bits per heavy atom. The molecule has 0 aromatic rings. The standard InChI is InChI=1S/C4H11NO3S.Na.H/c1-2-5-3-4-9(6,7)8;;/h5H,2-4H2,1H3,(H,6,7,8);;. The Hall–Kier alpha value is 0.870. The van der Waals surface area contributed by atoms with E-state index in [-0.39, 0.29) is 35.3 Å². The van der Waals surface area contributed by atoms with Crippen LogP contribution < -0.4 is 5.32 Å². The Morgan fingerprint density at radius 1 is 1.50 bits per heavy atom. The molecular weight excluding hydrogens is 165 g/mol. The van der Waals surface area contributed by atoms with Gasteiger partial charge in [0.15, 0.2) is 0 Å². The molecular formula is C4H12NNaO3S. The van der Waals surface area contributed by atoms with Crippen LogP contribution in [0.2, 0.25) is 0 Å². The molecule has 0 aliphatic carbocycles. The summed E-state index contributed by atoms with van der Waals surface area (Å²) in [4.78, 5) is 0. The van der Waals surface area contributed by atoms with Crippen molar-refractivity contribution in [1.82, 2.24) is 5.32 Å². The van der Waals surface area contributed by atoms with Gasteiger partial charge in [0.25, 0.3) is 10.1 Å². The van der Waals surface area contributed by atoms with Gasteiger partial charge in [-0.1, -0.05) is 6.92 Å². The zero-order chi connectivity index (χ0) is 7.33. The van der Waals surface area contributed by atoms with Gasteiger partial charge in [0, 0.05) is 6.54 Å². The number of hydrogen-bond donors (Lipinski definition) is 2. The molecule has 0 aromatic heterocycles. The van der Waals surface area contributed by atoms with Gasteiger partial charge in [-0.3, -0.25) is 4.55 Å². The van der Waals surface area contributed by atoms with Gasteiger partial charge in [0.1, 0.15) is 0 Å². The molecule has 0 saturated heterocycles. The van der Waals surface area contributed by atoms with E-state index in [9.17, 15) is 8.42 Å². The van der Waals surface area contributed by atoms with Gasteiger partial charge in [0.2, 0.25) is 0 Å². The van der Waals surface area contributed by atoms with Gasteiger partial charge in [0.05, 0.1) is 5.75 Å². The first-order chi connectivity index (χ1) is 4.06. The maximum atomic E-state index is 10.0. The molecule has 0 unspecified atom stereocenters. The van der Waals surface area contributed by atoms with Crippen molar-refractivity contribution in [2.75, 3.05) is 18.8 Å². The van der Waals surface area contributed by atoms with E-state index in [1.807, 2.05) is 6.92 Å². The first-order valence-electron chi connectivity index (χ1n) is 2.72. The predicted octanol–water partition coefficient (Wildman–Crippen LogP) is -1.16. The van der Waals surface area contributed by atoms with Gasteiger partial charge in [-0.05, 0) is 6.54 Å². The van der Waals surface area contributed by atoms with Gasteiger partial charge >= 0.3 is 29.6 Å². The van der Waals surface area contributed by atoms with Crippen LogP contribution in [0.3, 0.4) is 0 Å². The molecule has 0 aliphatic rings. The van der Waals surface area contributed by atoms with Crippen molar-refractivity contribution in [3.05, 3.63) is 0 Å². The normalized spacial score (nSPS) is 10.6. The van der Waals surface area contributed by atoms with Crippen molar-refractivity contribution in [3.63, 3.8) is 0 Å². The number of rotatable bonds is 4. The SMILES string of the molecule is CCNCCS(=O)(=O)O.[NaH]. The third-order valence-corrected chi connectivity index (χ3v) is 1.51. The number of nitrogens with one attached hydrogen (secondary N) is 1. The summed E-state index contributed by atoms with van der Waals surface area (Å²) in [6, 6.07) is 0. The zero-order valence-electron chi connectivity index (χ0n) is 5.29. The van der Waals surface area contributed by atoms with Gasteiger partial charge in [-0.2, -0.15) is 8.42 Å². The Bertz CT molecular complexity index is 156. The molecule has 0 fully saturated rings. The van der Waals surface area contributed by atoms with E-state index >= 15 is 0 Å². The average molecular weight is 177 g/mol. The second kappa shape index (κ2) is 6.57. The molecule has 2 N–H and O–H groups in total. The molecule has 58 valence electrons. The molecule has 0 bridgehead atoms.